The molecule has 1 aromatic carbocycles. The van der Waals surface area contributed by atoms with Crippen molar-refractivity contribution in [1.82, 2.24) is 9.78 Å². The van der Waals surface area contributed by atoms with Crippen molar-refractivity contribution in [3.8, 4) is 5.75 Å². The SMILES string of the molecule is CCn1nc(C)cc1COc1ccccc1CN. The predicted octanol–water partition coefficient (Wildman–Crippen LogP) is 2.25. The van der Waals surface area contributed by atoms with E-state index in [1.807, 2.05) is 35.9 Å². The van der Waals surface area contributed by atoms with Gasteiger partial charge in [-0.15, -0.1) is 0 Å². The maximum absolute atomic E-state index is 5.83. The quantitative estimate of drug-likeness (QED) is 0.879. The standard InChI is InChI=1S/C14H19N3O/c1-3-17-13(8-11(2)16-17)10-18-14-7-5-4-6-12(14)9-15/h4-8H,3,9-10,15H2,1-2H3. The van der Waals surface area contributed by atoms with Crippen molar-refractivity contribution in [2.75, 3.05) is 0 Å². The van der Waals surface area contributed by atoms with Crippen molar-refractivity contribution < 1.29 is 4.74 Å². The minimum atomic E-state index is 0.488. The largest absolute Gasteiger partial charge is 0.487 e. The van der Waals surface area contributed by atoms with Crippen LogP contribution in [0.25, 0.3) is 0 Å². The molecule has 0 unspecified atom stereocenters. The highest BCUT2D eigenvalue weighted by atomic mass is 16.5. The lowest BCUT2D eigenvalue weighted by Gasteiger charge is -2.10. The molecule has 1 aromatic heterocycles. The lowest BCUT2D eigenvalue weighted by atomic mass is 10.2. The Morgan fingerprint density at radius 1 is 1.33 bits per heavy atom. The molecule has 2 aromatic rings. The van der Waals surface area contributed by atoms with Gasteiger partial charge in [0.1, 0.15) is 12.4 Å². The van der Waals surface area contributed by atoms with E-state index in [1.165, 1.54) is 0 Å². The van der Waals surface area contributed by atoms with E-state index in [0.29, 0.717) is 13.2 Å². The molecule has 0 aliphatic heterocycles. The number of nitrogens with two attached hydrogens (primary N) is 1. The van der Waals surface area contributed by atoms with E-state index < -0.39 is 0 Å². The number of nitrogens with zero attached hydrogens (tertiary/aromatic N) is 2. The second-order valence-corrected chi connectivity index (χ2v) is 4.19. The zero-order valence-electron chi connectivity index (χ0n) is 10.9. The number of para-hydroxylation sites is 1. The molecule has 4 nitrogen and oxygen atoms in total. The third kappa shape index (κ3) is 2.71. The average molecular weight is 245 g/mol. The first-order valence-electron chi connectivity index (χ1n) is 6.18. The summed E-state index contributed by atoms with van der Waals surface area (Å²) in [5, 5.41) is 4.40. The van der Waals surface area contributed by atoms with Crippen LogP contribution in [0.15, 0.2) is 30.3 Å². The van der Waals surface area contributed by atoms with Crippen LogP contribution in [0.1, 0.15) is 23.9 Å². The molecule has 0 aliphatic rings. The Balaban J connectivity index is 2.11. The second kappa shape index (κ2) is 5.69. The monoisotopic (exact) mass is 245 g/mol. The second-order valence-electron chi connectivity index (χ2n) is 4.19. The van der Waals surface area contributed by atoms with Crippen LogP contribution < -0.4 is 10.5 Å². The normalized spacial score (nSPS) is 10.6. The van der Waals surface area contributed by atoms with Gasteiger partial charge in [0, 0.05) is 18.7 Å². The predicted molar refractivity (Wildman–Crippen MR) is 71.3 cm³/mol. The summed E-state index contributed by atoms with van der Waals surface area (Å²) < 4.78 is 7.79. The van der Waals surface area contributed by atoms with Crippen LogP contribution >= 0.6 is 0 Å². The van der Waals surface area contributed by atoms with Gasteiger partial charge in [-0.1, -0.05) is 18.2 Å². The summed E-state index contributed by atoms with van der Waals surface area (Å²) in [6, 6.07) is 9.90. The highest BCUT2D eigenvalue weighted by Gasteiger charge is 2.06. The minimum absolute atomic E-state index is 0.488. The fraction of sp³-hybridized carbons (Fsp3) is 0.357. The van der Waals surface area contributed by atoms with Gasteiger partial charge in [0.25, 0.3) is 0 Å². The number of rotatable bonds is 5. The zero-order chi connectivity index (χ0) is 13.0. The Morgan fingerprint density at radius 3 is 2.83 bits per heavy atom. The summed E-state index contributed by atoms with van der Waals surface area (Å²) in [7, 11) is 0. The maximum atomic E-state index is 5.83. The topological polar surface area (TPSA) is 53.1 Å². The van der Waals surface area contributed by atoms with E-state index in [4.69, 9.17) is 10.5 Å². The van der Waals surface area contributed by atoms with Crippen LogP contribution in [0.5, 0.6) is 5.75 Å². The van der Waals surface area contributed by atoms with Gasteiger partial charge in [-0.3, -0.25) is 4.68 Å². The van der Waals surface area contributed by atoms with Crippen LogP contribution in [-0.2, 0) is 19.7 Å². The Morgan fingerprint density at radius 2 is 2.11 bits per heavy atom. The smallest absolute Gasteiger partial charge is 0.130 e. The molecule has 0 aliphatic carbocycles. The van der Waals surface area contributed by atoms with Crippen molar-refractivity contribution >= 4 is 0 Å². The molecule has 0 saturated heterocycles. The van der Waals surface area contributed by atoms with Gasteiger partial charge in [-0.25, -0.2) is 0 Å². The first-order valence-corrected chi connectivity index (χ1v) is 6.18. The van der Waals surface area contributed by atoms with Crippen LogP contribution in [0, 0.1) is 6.92 Å². The van der Waals surface area contributed by atoms with Gasteiger partial charge in [0.2, 0.25) is 0 Å². The summed E-state index contributed by atoms with van der Waals surface area (Å²) in [6.07, 6.45) is 0. The summed E-state index contributed by atoms with van der Waals surface area (Å²) in [5.74, 6) is 0.849. The number of aromatic nitrogens is 2. The Bertz CT molecular complexity index is 520. The van der Waals surface area contributed by atoms with Gasteiger partial charge in [0.15, 0.2) is 0 Å². The maximum Gasteiger partial charge on any atom is 0.130 e. The number of hydrogen-bond donors (Lipinski definition) is 1. The minimum Gasteiger partial charge on any atom is -0.487 e. The van der Waals surface area contributed by atoms with E-state index in [9.17, 15) is 0 Å². The van der Waals surface area contributed by atoms with Crippen LogP contribution in [0.2, 0.25) is 0 Å². The summed E-state index contributed by atoms with van der Waals surface area (Å²) >= 11 is 0. The summed E-state index contributed by atoms with van der Waals surface area (Å²) in [5.41, 5.74) is 8.81. The fourth-order valence-corrected chi connectivity index (χ4v) is 1.95. The highest BCUT2D eigenvalue weighted by molar-refractivity contribution is 5.33. The van der Waals surface area contributed by atoms with Gasteiger partial charge in [-0.05, 0) is 26.0 Å². The molecule has 0 saturated carbocycles. The van der Waals surface area contributed by atoms with E-state index in [-0.39, 0.29) is 0 Å². The first-order chi connectivity index (χ1) is 8.74. The molecule has 4 heteroatoms. The van der Waals surface area contributed by atoms with Crippen molar-refractivity contribution in [3.05, 3.63) is 47.3 Å². The lowest BCUT2D eigenvalue weighted by Crippen LogP contribution is -2.07. The highest BCUT2D eigenvalue weighted by Crippen LogP contribution is 2.18. The molecular weight excluding hydrogens is 226 g/mol. The van der Waals surface area contributed by atoms with Gasteiger partial charge in [-0.2, -0.15) is 5.10 Å². The lowest BCUT2D eigenvalue weighted by molar-refractivity contribution is 0.289. The van der Waals surface area contributed by atoms with Crippen LogP contribution in [0.4, 0.5) is 0 Å². The Labute approximate surface area is 107 Å². The van der Waals surface area contributed by atoms with Gasteiger partial charge < -0.3 is 10.5 Å². The van der Waals surface area contributed by atoms with E-state index >= 15 is 0 Å². The fourth-order valence-electron chi connectivity index (χ4n) is 1.95. The molecule has 96 valence electrons. The van der Waals surface area contributed by atoms with Crippen LogP contribution in [-0.4, -0.2) is 9.78 Å². The molecule has 0 radical (unpaired) electrons. The Kier molecular flexibility index (Phi) is 3.99. The van der Waals surface area contributed by atoms with Gasteiger partial charge >= 0.3 is 0 Å². The van der Waals surface area contributed by atoms with E-state index in [1.54, 1.807) is 0 Å². The van der Waals surface area contributed by atoms with Crippen molar-refractivity contribution in [2.24, 2.45) is 5.73 Å². The molecular formula is C14H19N3O. The number of ether oxygens (including phenoxy) is 1. The summed E-state index contributed by atoms with van der Waals surface area (Å²) in [6.45, 7) is 5.92. The average Bonchev–Trinajstić information content (AvgIpc) is 2.77. The van der Waals surface area contributed by atoms with E-state index in [0.717, 1.165) is 29.2 Å². The number of hydrogen-bond acceptors (Lipinski definition) is 3. The molecule has 1 heterocycles. The third-order valence-corrected chi connectivity index (χ3v) is 2.85. The van der Waals surface area contributed by atoms with E-state index in [2.05, 4.69) is 18.1 Å². The molecule has 2 rings (SSSR count). The van der Waals surface area contributed by atoms with Gasteiger partial charge in [0.05, 0.1) is 11.4 Å². The summed E-state index contributed by atoms with van der Waals surface area (Å²) in [4.78, 5) is 0. The molecule has 0 fully saturated rings. The molecule has 0 bridgehead atoms. The zero-order valence-corrected chi connectivity index (χ0v) is 10.9. The van der Waals surface area contributed by atoms with Crippen molar-refractivity contribution in [3.63, 3.8) is 0 Å². The van der Waals surface area contributed by atoms with Crippen molar-refractivity contribution in [1.29, 1.82) is 0 Å². The molecule has 18 heavy (non-hydrogen) atoms. The molecule has 0 spiro atoms. The Hall–Kier alpha value is -1.81. The van der Waals surface area contributed by atoms with Crippen molar-refractivity contribution in [2.45, 2.75) is 33.5 Å². The third-order valence-electron chi connectivity index (χ3n) is 2.85. The number of benzene rings is 1. The molecule has 0 atom stereocenters. The number of aryl methyl sites for hydroxylation is 2. The van der Waals surface area contributed by atoms with Crippen LogP contribution in [0.3, 0.4) is 0 Å². The molecule has 0 amide bonds. The molecule has 2 N–H and O–H groups in total. The first kappa shape index (κ1) is 12.6.